The number of para-hydroxylation sites is 2. The molecule has 5 nitrogen and oxygen atoms in total. The molecule has 0 aliphatic rings. The number of hydrogen-bond donors (Lipinski definition) is 1. The van der Waals surface area contributed by atoms with Crippen molar-refractivity contribution >= 4 is 43.5 Å². The largest absolute Gasteiger partial charge is 0.300 e. The predicted molar refractivity (Wildman–Crippen MR) is 111 cm³/mol. The van der Waals surface area contributed by atoms with Crippen LogP contribution in [0, 0.1) is 13.8 Å². The molecule has 0 fully saturated rings. The molecule has 136 valence electrons. The van der Waals surface area contributed by atoms with Gasteiger partial charge in [-0.05, 0) is 44.0 Å². The maximum absolute atomic E-state index is 12.9. The Hall–Kier alpha value is -2.99. The number of rotatable bonds is 3. The quantitative estimate of drug-likeness (QED) is 0.574. The average Bonchev–Trinajstić information content (AvgIpc) is 3.04. The topological polar surface area (TPSA) is 64.0 Å². The number of carbonyl (C=O) groups is 1. The third kappa shape index (κ3) is 3.02. The fourth-order valence-corrected chi connectivity index (χ4v) is 4.25. The van der Waals surface area contributed by atoms with E-state index in [-0.39, 0.29) is 11.5 Å². The molecule has 0 aliphatic heterocycles. The van der Waals surface area contributed by atoms with Crippen molar-refractivity contribution in [2.45, 2.75) is 26.8 Å². The minimum absolute atomic E-state index is 0.179. The van der Waals surface area contributed by atoms with Crippen molar-refractivity contribution < 1.29 is 4.79 Å². The average molecular weight is 377 g/mol. The minimum Gasteiger partial charge on any atom is -0.300 e. The second kappa shape index (κ2) is 6.63. The molecule has 0 bridgehead atoms. The number of thiazole rings is 1. The maximum atomic E-state index is 12.9. The summed E-state index contributed by atoms with van der Waals surface area (Å²) in [5, 5.41) is 4.38. The molecule has 0 spiro atoms. The second-order valence-corrected chi connectivity index (χ2v) is 7.69. The van der Waals surface area contributed by atoms with Crippen LogP contribution in [0.5, 0.6) is 0 Å². The molecule has 6 heteroatoms. The molecule has 0 saturated heterocycles. The fraction of sp³-hybridized carbons (Fsp3) is 0.190. The van der Waals surface area contributed by atoms with Gasteiger partial charge in [-0.15, -0.1) is 0 Å². The monoisotopic (exact) mass is 377 g/mol. The first-order valence-corrected chi connectivity index (χ1v) is 9.55. The minimum atomic E-state index is -0.659. The third-order valence-corrected chi connectivity index (χ3v) is 5.72. The van der Waals surface area contributed by atoms with Gasteiger partial charge in [-0.1, -0.05) is 41.7 Å². The van der Waals surface area contributed by atoms with Crippen LogP contribution in [0.25, 0.3) is 21.1 Å². The number of benzene rings is 2. The molecule has 2 heterocycles. The Morgan fingerprint density at radius 2 is 1.89 bits per heavy atom. The van der Waals surface area contributed by atoms with E-state index >= 15 is 0 Å². The van der Waals surface area contributed by atoms with Gasteiger partial charge in [0.05, 0.1) is 15.7 Å². The molecule has 2 aromatic carbocycles. The molecule has 4 rings (SSSR count). The molecular formula is C21H19N3O2S. The van der Waals surface area contributed by atoms with Crippen molar-refractivity contribution in [3.8, 4) is 0 Å². The standard InChI is InChI=1S/C21H19N3O2S/c1-12-7-6-8-15-13(2)11-18(25)24(19(12)15)14(3)20(26)23-21-22-16-9-4-5-10-17(16)27-21/h4-11,14H,1-3H3,(H,22,23,26). The summed E-state index contributed by atoms with van der Waals surface area (Å²) < 4.78 is 2.58. The van der Waals surface area contributed by atoms with Crippen molar-refractivity contribution in [2.24, 2.45) is 0 Å². The van der Waals surface area contributed by atoms with Crippen molar-refractivity contribution in [3.63, 3.8) is 0 Å². The van der Waals surface area contributed by atoms with Gasteiger partial charge in [0.25, 0.3) is 5.56 Å². The molecule has 27 heavy (non-hydrogen) atoms. The Bertz CT molecular complexity index is 1210. The smallest absolute Gasteiger partial charge is 0.252 e. The normalized spacial score (nSPS) is 12.4. The zero-order valence-electron chi connectivity index (χ0n) is 15.3. The number of pyridine rings is 1. The number of hydrogen-bond acceptors (Lipinski definition) is 4. The summed E-state index contributed by atoms with van der Waals surface area (Å²) in [6, 6.07) is 14.6. The molecule has 2 aromatic heterocycles. The summed E-state index contributed by atoms with van der Waals surface area (Å²) in [6.45, 7) is 5.61. The van der Waals surface area contributed by atoms with Gasteiger partial charge >= 0.3 is 0 Å². The Morgan fingerprint density at radius 3 is 2.67 bits per heavy atom. The van der Waals surface area contributed by atoms with Gasteiger partial charge in [0, 0.05) is 11.5 Å². The lowest BCUT2D eigenvalue weighted by Gasteiger charge is -2.19. The van der Waals surface area contributed by atoms with E-state index in [1.54, 1.807) is 17.6 Å². The zero-order chi connectivity index (χ0) is 19.1. The lowest BCUT2D eigenvalue weighted by Crippen LogP contribution is -2.32. The fourth-order valence-electron chi connectivity index (χ4n) is 3.38. The summed E-state index contributed by atoms with van der Waals surface area (Å²) in [6.07, 6.45) is 0. The van der Waals surface area contributed by atoms with E-state index < -0.39 is 6.04 Å². The Balaban J connectivity index is 1.75. The Kier molecular flexibility index (Phi) is 4.28. The van der Waals surface area contributed by atoms with Gasteiger partial charge < -0.3 is 5.32 Å². The van der Waals surface area contributed by atoms with Gasteiger partial charge in [0.15, 0.2) is 5.13 Å². The zero-order valence-corrected chi connectivity index (χ0v) is 16.1. The van der Waals surface area contributed by atoms with Gasteiger partial charge in [-0.2, -0.15) is 0 Å². The van der Waals surface area contributed by atoms with Crippen LogP contribution in [0.4, 0.5) is 5.13 Å². The van der Waals surface area contributed by atoms with E-state index in [9.17, 15) is 9.59 Å². The number of nitrogens with one attached hydrogen (secondary N) is 1. The molecule has 0 aliphatic carbocycles. The lowest BCUT2D eigenvalue weighted by molar-refractivity contribution is -0.118. The van der Waals surface area contributed by atoms with E-state index in [2.05, 4.69) is 10.3 Å². The first-order valence-electron chi connectivity index (χ1n) is 8.73. The van der Waals surface area contributed by atoms with Gasteiger partial charge in [-0.25, -0.2) is 4.98 Å². The molecule has 1 N–H and O–H groups in total. The van der Waals surface area contributed by atoms with Gasteiger partial charge in [0.2, 0.25) is 5.91 Å². The molecule has 4 aromatic rings. The van der Waals surface area contributed by atoms with Crippen LogP contribution in [0.15, 0.2) is 53.3 Å². The molecule has 1 unspecified atom stereocenters. The van der Waals surface area contributed by atoms with Crippen LogP contribution in [-0.4, -0.2) is 15.5 Å². The Morgan fingerprint density at radius 1 is 1.11 bits per heavy atom. The number of nitrogens with zero attached hydrogens (tertiary/aromatic N) is 2. The van der Waals surface area contributed by atoms with Crippen molar-refractivity contribution in [3.05, 3.63) is 70.0 Å². The number of carbonyl (C=O) groups excluding carboxylic acids is 1. The third-order valence-electron chi connectivity index (χ3n) is 4.77. The number of anilines is 1. The molecule has 0 saturated carbocycles. The SMILES string of the molecule is Cc1cc(=O)n(C(C)C(=O)Nc2nc3ccccc3s2)c2c(C)cccc12. The van der Waals surface area contributed by atoms with Crippen LogP contribution < -0.4 is 10.9 Å². The molecule has 1 amide bonds. The highest BCUT2D eigenvalue weighted by Gasteiger charge is 2.21. The Labute approximate surface area is 160 Å². The summed E-state index contributed by atoms with van der Waals surface area (Å²) >= 11 is 1.42. The summed E-state index contributed by atoms with van der Waals surface area (Å²) in [7, 11) is 0. The van der Waals surface area contributed by atoms with Crippen molar-refractivity contribution in [1.29, 1.82) is 0 Å². The van der Waals surface area contributed by atoms with Gasteiger partial charge in [0.1, 0.15) is 6.04 Å². The highest BCUT2D eigenvalue weighted by Crippen LogP contribution is 2.27. The predicted octanol–water partition coefficient (Wildman–Crippen LogP) is 4.43. The van der Waals surface area contributed by atoms with Crippen LogP contribution in [-0.2, 0) is 4.79 Å². The van der Waals surface area contributed by atoms with E-state index in [4.69, 9.17) is 0 Å². The van der Waals surface area contributed by atoms with Crippen LogP contribution in [0.1, 0.15) is 24.1 Å². The number of aromatic nitrogens is 2. The van der Waals surface area contributed by atoms with E-state index in [1.807, 2.05) is 56.3 Å². The second-order valence-electron chi connectivity index (χ2n) is 6.66. The first kappa shape index (κ1) is 17.4. The van der Waals surface area contributed by atoms with E-state index in [0.717, 1.165) is 32.2 Å². The highest BCUT2D eigenvalue weighted by molar-refractivity contribution is 7.22. The van der Waals surface area contributed by atoms with Crippen molar-refractivity contribution in [2.75, 3.05) is 5.32 Å². The molecule has 0 radical (unpaired) electrons. The van der Waals surface area contributed by atoms with Crippen molar-refractivity contribution in [1.82, 2.24) is 9.55 Å². The van der Waals surface area contributed by atoms with Crippen LogP contribution in [0.3, 0.4) is 0 Å². The van der Waals surface area contributed by atoms with E-state index in [0.29, 0.717) is 5.13 Å². The van der Waals surface area contributed by atoms with Crippen LogP contribution in [0.2, 0.25) is 0 Å². The lowest BCUT2D eigenvalue weighted by atomic mass is 10.1. The summed E-state index contributed by atoms with van der Waals surface area (Å²) in [4.78, 5) is 30.0. The highest BCUT2D eigenvalue weighted by atomic mass is 32.1. The van der Waals surface area contributed by atoms with Gasteiger partial charge in [-0.3, -0.25) is 14.2 Å². The number of amides is 1. The summed E-state index contributed by atoms with van der Waals surface area (Å²) in [5.74, 6) is -0.260. The van der Waals surface area contributed by atoms with Crippen LogP contribution >= 0.6 is 11.3 Å². The number of aryl methyl sites for hydroxylation is 2. The molecular weight excluding hydrogens is 358 g/mol. The van der Waals surface area contributed by atoms with E-state index in [1.165, 1.54) is 11.3 Å². The number of fused-ring (bicyclic) bond motifs is 2. The summed E-state index contributed by atoms with van der Waals surface area (Å²) in [5.41, 5.74) is 3.34. The first-order chi connectivity index (χ1) is 13.0. The molecule has 1 atom stereocenters. The maximum Gasteiger partial charge on any atom is 0.252 e.